The quantitative estimate of drug-likeness (QED) is 0.862. The minimum atomic E-state index is -0.762. The number of nitrogens with zero attached hydrogens (tertiary/aromatic N) is 1. The Bertz CT molecular complexity index is 343. The highest BCUT2D eigenvalue weighted by atomic mass is 79.9. The van der Waals surface area contributed by atoms with Crippen LogP contribution in [0.1, 0.15) is 18.5 Å². The lowest BCUT2D eigenvalue weighted by Gasteiger charge is -2.07. The molecule has 0 spiro atoms. The average molecular weight is 242 g/mol. The maximum absolute atomic E-state index is 10.9. The van der Waals surface area contributed by atoms with Crippen molar-refractivity contribution in [3.8, 4) is 0 Å². The molecular weight excluding hydrogens is 234 g/mol. The molecule has 0 aromatic carbocycles. The van der Waals surface area contributed by atoms with Crippen molar-refractivity contribution in [1.82, 2.24) is 4.98 Å². The molecule has 0 unspecified atom stereocenters. The van der Waals surface area contributed by atoms with Gasteiger partial charge in [0, 0.05) is 10.7 Å². The van der Waals surface area contributed by atoms with Crippen molar-refractivity contribution in [2.75, 3.05) is 0 Å². The minimum absolute atomic E-state index is 0.670. The summed E-state index contributed by atoms with van der Waals surface area (Å²) in [6.07, 6.45) is 3.05. The van der Waals surface area contributed by atoms with Crippen molar-refractivity contribution in [3.63, 3.8) is 0 Å². The first-order valence-electron chi connectivity index (χ1n) is 4.00. The third kappa shape index (κ3) is 1.35. The molecule has 1 aromatic rings. The van der Waals surface area contributed by atoms with E-state index in [-0.39, 0.29) is 0 Å². The topological polar surface area (TPSA) is 50.2 Å². The third-order valence-corrected chi connectivity index (χ3v) is 2.85. The first kappa shape index (κ1) is 8.69. The Balaban J connectivity index is 2.36. The standard InChI is InChI=1S/C9H8BrNO2/c10-6-1-2-7(11-5-6)9(3-4-9)8(12)13/h1-2,5H,3-4H2,(H,12,13). The van der Waals surface area contributed by atoms with Crippen LogP contribution >= 0.6 is 15.9 Å². The molecule has 1 N–H and O–H groups in total. The van der Waals surface area contributed by atoms with E-state index in [1.807, 2.05) is 6.07 Å². The molecule has 3 nitrogen and oxygen atoms in total. The van der Waals surface area contributed by atoms with E-state index in [4.69, 9.17) is 5.11 Å². The number of halogens is 1. The fraction of sp³-hybridized carbons (Fsp3) is 0.333. The van der Waals surface area contributed by atoms with Crippen LogP contribution in [0.4, 0.5) is 0 Å². The molecular formula is C9H8BrNO2. The maximum atomic E-state index is 10.9. The Morgan fingerprint density at radius 2 is 2.23 bits per heavy atom. The number of pyridine rings is 1. The predicted octanol–water partition coefficient (Wildman–Crippen LogP) is 1.96. The predicted molar refractivity (Wildman–Crippen MR) is 50.5 cm³/mol. The van der Waals surface area contributed by atoms with Crippen molar-refractivity contribution < 1.29 is 9.90 Å². The SMILES string of the molecule is O=C(O)C1(c2ccc(Br)cn2)CC1. The van der Waals surface area contributed by atoms with Gasteiger partial charge in [0.05, 0.1) is 5.69 Å². The van der Waals surface area contributed by atoms with Gasteiger partial charge in [0.2, 0.25) is 0 Å². The molecule has 13 heavy (non-hydrogen) atoms. The van der Waals surface area contributed by atoms with E-state index < -0.39 is 11.4 Å². The van der Waals surface area contributed by atoms with Gasteiger partial charge in [-0.25, -0.2) is 0 Å². The average Bonchev–Trinajstić information content (AvgIpc) is 2.86. The van der Waals surface area contributed by atoms with Gasteiger partial charge in [-0.05, 0) is 40.9 Å². The lowest BCUT2D eigenvalue weighted by molar-refractivity contribution is -0.140. The number of aliphatic carboxylic acids is 1. The third-order valence-electron chi connectivity index (χ3n) is 2.38. The Hall–Kier alpha value is -0.900. The molecule has 0 bridgehead atoms. The van der Waals surface area contributed by atoms with E-state index in [0.29, 0.717) is 18.5 Å². The van der Waals surface area contributed by atoms with Crippen LogP contribution in [0, 0.1) is 0 Å². The number of hydrogen-bond acceptors (Lipinski definition) is 2. The molecule has 0 atom stereocenters. The zero-order chi connectivity index (χ0) is 9.47. The first-order chi connectivity index (χ1) is 6.15. The highest BCUT2D eigenvalue weighted by Crippen LogP contribution is 2.47. The number of hydrogen-bond donors (Lipinski definition) is 1. The van der Waals surface area contributed by atoms with Gasteiger partial charge in [0.1, 0.15) is 5.41 Å². The van der Waals surface area contributed by atoms with Crippen molar-refractivity contribution >= 4 is 21.9 Å². The lowest BCUT2D eigenvalue weighted by atomic mass is 10.0. The van der Waals surface area contributed by atoms with Gasteiger partial charge in [-0.3, -0.25) is 9.78 Å². The van der Waals surface area contributed by atoms with Crippen molar-refractivity contribution in [2.45, 2.75) is 18.3 Å². The molecule has 1 aromatic heterocycles. The highest BCUT2D eigenvalue weighted by molar-refractivity contribution is 9.10. The molecule has 1 fully saturated rings. The molecule has 4 heteroatoms. The summed E-state index contributed by atoms with van der Waals surface area (Å²) in [4.78, 5) is 15.0. The number of rotatable bonds is 2. The summed E-state index contributed by atoms with van der Waals surface area (Å²) in [5.74, 6) is -0.762. The molecule has 1 aliphatic rings. The van der Waals surface area contributed by atoms with Crippen molar-refractivity contribution in [3.05, 3.63) is 28.5 Å². The molecule has 0 aliphatic heterocycles. The van der Waals surface area contributed by atoms with Crippen LogP contribution in [0.5, 0.6) is 0 Å². The summed E-state index contributed by atoms with van der Waals surface area (Å²) in [7, 11) is 0. The van der Waals surface area contributed by atoms with Gasteiger partial charge < -0.3 is 5.11 Å². The van der Waals surface area contributed by atoms with E-state index in [9.17, 15) is 4.79 Å². The molecule has 0 saturated heterocycles. The monoisotopic (exact) mass is 241 g/mol. The zero-order valence-electron chi connectivity index (χ0n) is 6.83. The molecule has 2 rings (SSSR count). The molecule has 1 saturated carbocycles. The lowest BCUT2D eigenvalue weighted by Crippen LogP contribution is -2.20. The van der Waals surface area contributed by atoms with Crippen LogP contribution in [-0.2, 0) is 10.2 Å². The van der Waals surface area contributed by atoms with Crippen molar-refractivity contribution in [1.29, 1.82) is 0 Å². The van der Waals surface area contributed by atoms with E-state index >= 15 is 0 Å². The van der Waals surface area contributed by atoms with Crippen LogP contribution in [0.2, 0.25) is 0 Å². The van der Waals surface area contributed by atoms with Crippen LogP contribution in [-0.4, -0.2) is 16.1 Å². The fourth-order valence-corrected chi connectivity index (χ4v) is 1.60. The van der Waals surface area contributed by atoms with Gasteiger partial charge in [-0.1, -0.05) is 0 Å². The second-order valence-electron chi connectivity index (χ2n) is 3.25. The normalized spacial score (nSPS) is 18.2. The van der Waals surface area contributed by atoms with Gasteiger partial charge >= 0.3 is 5.97 Å². The molecule has 0 amide bonds. The van der Waals surface area contributed by atoms with Crippen LogP contribution in [0.3, 0.4) is 0 Å². The second-order valence-corrected chi connectivity index (χ2v) is 4.16. The summed E-state index contributed by atoms with van der Waals surface area (Å²) < 4.78 is 0.873. The minimum Gasteiger partial charge on any atom is -0.481 e. The largest absolute Gasteiger partial charge is 0.481 e. The Kier molecular flexibility index (Phi) is 1.87. The Morgan fingerprint density at radius 1 is 1.54 bits per heavy atom. The molecule has 0 radical (unpaired) electrons. The van der Waals surface area contributed by atoms with Crippen LogP contribution in [0.25, 0.3) is 0 Å². The van der Waals surface area contributed by atoms with Gasteiger partial charge in [0.15, 0.2) is 0 Å². The second kappa shape index (κ2) is 2.80. The number of carboxylic acid groups (broad SMARTS) is 1. The molecule has 1 aliphatic carbocycles. The summed E-state index contributed by atoms with van der Waals surface area (Å²) in [5.41, 5.74) is -0.0102. The number of carboxylic acids is 1. The summed E-state index contributed by atoms with van der Waals surface area (Å²) >= 11 is 3.26. The number of carbonyl (C=O) groups is 1. The van der Waals surface area contributed by atoms with E-state index in [2.05, 4.69) is 20.9 Å². The zero-order valence-corrected chi connectivity index (χ0v) is 8.41. The van der Waals surface area contributed by atoms with E-state index in [1.54, 1.807) is 12.3 Å². The maximum Gasteiger partial charge on any atom is 0.315 e. The van der Waals surface area contributed by atoms with E-state index in [1.165, 1.54) is 0 Å². The van der Waals surface area contributed by atoms with Crippen LogP contribution in [0.15, 0.2) is 22.8 Å². The molecule has 1 heterocycles. The van der Waals surface area contributed by atoms with Gasteiger partial charge in [-0.15, -0.1) is 0 Å². The van der Waals surface area contributed by atoms with Crippen LogP contribution < -0.4 is 0 Å². The highest BCUT2D eigenvalue weighted by Gasteiger charge is 2.52. The van der Waals surface area contributed by atoms with Gasteiger partial charge in [-0.2, -0.15) is 0 Å². The fourth-order valence-electron chi connectivity index (χ4n) is 1.36. The Morgan fingerprint density at radius 3 is 2.62 bits per heavy atom. The van der Waals surface area contributed by atoms with Gasteiger partial charge in [0.25, 0.3) is 0 Å². The summed E-state index contributed by atoms with van der Waals surface area (Å²) in [6, 6.07) is 3.59. The molecule has 68 valence electrons. The van der Waals surface area contributed by atoms with Crippen molar-refractivity contribution in [2.24, 2.45) is 0 Å². The van der Waals surface area contributed by atoms with E-state index in [0.717, 1.165) is 4.47 Å². The smallest absolute Gasteiger partial charge is 0.315 e. The summed E-state index contributed by atoms with van der Waals surface area (Å²) in [5, 5.41) is 8.97. The Labute approximate surface area is 83.9 Å². The number of aromatic nitrogens is 1. The first-order valence-corrected chi connectivity index (χ1v) is 4.80. The summed E-state index contributed by atoms with van der Waals surface area (Å²) in [6.45, 7) is 0.